The highest BCUT2D eigenvalue weighted by Gasteiger charge is 2.55. The molecule has 0 nitrogen and oxygen atoms in total. The fourth-order valence-electron chi connectivity index (χ4n) is 6.63. The summed E-state index contributed by atoms with van der Waals surface area (Å²) in [5.41, 5.74) is 3.02. The van der Waals surface area contributed by atoms with E-state index in [1.807, 2.05) is 0 Å². The van der Waals surface area contributed by atoms with E-state index >= 15 is 0 Å². The predicted octanol–water partition coefficient (Wildman–Crippen LogP) is 5.64. The normalized spacial score (nSPS) is 54.6. The third kappa shape index (κ3) is 1.81. The Balaban J connectivity index is 1.68. The molecule has 0 heterocycles. The fraction of sp³-hybridized carbons (Fsp3) is 0.895. The van der Waals surface area contributed by atoms with Gasteiger partial charge in [0, 0.05) is 5.25 Å². The second kappa shape index (κ2) is 4.54. The first kappa shape index (κ1) is 13.7. The molecule has 6 unspecified atom stereocenters. The van der Waals surface area contributed by atoms with Crippen molar-refractivity contribution in [2.75, 3.05) is 0 Å². The Kier molecular flexibility index (Phi) is 3.12. The van der Waals surface area contributed by atoms with Crippen molar-refractivity contribution in [2.45, 2.75) is 76.9 Å². The van der Waals surface area contributed by atoms with Gasteiger partial charge in [0.2, 0.25) is 0 Å². The molecule has 0 aliphatic heterocycles. The van der Waals surface area contributed by atoms with Gasteiger partial charge in [-0.05, 0) is 80.0 Å². The quantitative estimate of drug-likeness (QED) is 0.433. The van der Waals surface area contributed by atoms with Gasteiger partial charge in [0.05, 0.1) is 0 Å². The maximum atomic E-state index is 4.77. The van der Waals surface area contributed by atoms with Gasteiger partial charge < -0.3 is 0 Å². The summed E-state index contributed by atoms with van der Waals surface area (Å²) in [7, 11) is 0. The Bertz CT molecular complexity index is 439. The van der Waals surface area contributed by atoms with Gasteiger partial charge in [-0.15, -0.1) is 0 Å². The van der Waals surface area contributed by atoms with Crippen LogP contribution in [0.1, 0.15) is 71.6 Å². The Hall–Kier alpha value is 0.0900. The van der Waals surface area contributed by atoms with Crippen LogP contribution in [-0.4, -0.2) is 5.25 Å². The highest BCUT2D eigenvalue weighted by molar-refractivity contribution is 7.80. The summed E-state index contributed by atoms with van der Waals surface area (Å²) in [6.07, 6.45) is 15.6. The maximum Gasteiger partial charge on any atom is 0.00545 e. The van der Waals surface area contributed by atoms with Crippen molar-refractivity contribution >= 4 is 12.6 Å². The molecule has 20 heavy (non-hydrogen) atoms. The summed E-state index contributed by atoms with van der Waals surface area (Å²) in [6, 6.07) is 0. The minimum atomic E-state index is 0.534. The smallest absolute Gasteiger partial charge is 0.00545 e. The molecule has 0 radical (unpaired) electrons. The Morgan fingerprint density at radius 2 is 1.90 bits per heavy atom. The van der Waals surface area contributed by atoms with E-state index in [0.717, 1.165) is 17.8 Å². The molecule has 0 bridgehead atoms. The van der Waals surface area contributed by atoms with E-state index < -0.39 is 0 Å². The Labute approximate surface area is 130 Å². The number of allylic oxidation sites excluding steroid dienone is 2. The minimum Gasteiger partial charge on any atom is -0.176 e. The number of hydrogen-bond donors (Lipinski definition) is 1. The predicted molar refractivity (Wildman–Crippen MR) is 89.1 cm³/mol. The van der Waals surface area contributed by atoms with Crippen molar-refractivity contribution in [2.24, 2.45) is 28.6 Å². The molecule has 0 aromatic carbocycles. The molecule has 0 saturated heterocycles. The van der Waals surface area contributed by atoms with E-state index in [-0.39, 0.29) is 0 Å². The molecule has 4 rings (SSSR count). The largest absolute Gasteiger partial charge is 0.176 e. The lowest BCUT2D eigenvalue weighted by molar-refractivity contribution is -0.0244. The van der Waals surface area contributed by atoms with Crippen molar-refractivity contribution < 1.29 is 0 Å². The zero-order valence-corrected chi connectivity index (χ0v) is 14.1. The molecule has 0 aromatic heterocycles. The van der Waals surface area contributed by atoms with Crippen molar-refractivity contribution in [3.8, 4) is 0 Å². The lowest BCUT2D eigenvalue weighted by Crippen LogP contribution is -2.48. The summed E-state index contributed by atoms with van der Waals surface area (Å²) in [4.78, 5) is 0. The molecule has 112 valence electrons. The number of thiol groups is 1. The molecule has 4 aliphatic carbocycles. The molecule has 3 saturated carbocycles. The van der Waals surface area contributed by atoms with Crippen LogP contribution < -0.4 is 0 Å². The van der Waals surface area contributed by atoms with E-state index in [1.165, 1.54) is 57.8 Å². The molecule has 4 aliphatic rings. The Morgan fingerprint density at radius 3 is 2.75 bits per heavy atom. The van der Waals surface area contributed by atoms with Gasteiger partial charge in [0.1, 0.15) is 0 Å². The van der Waals surface area contributed by atoms with E-state index in [4.69, 9.17) is 12.6 Å². The number of fused-ring (bicyclic) bond motifs is 5. The second-order valence-corrected chi connectivity index (χ2v) is 9.47. The van der Waals surface area contributed by atoms with Gasteiger partial charge in [-0.2, -0.15) is 12.6 Å². The zero-order chi connectivity index (χ0) is 14.0. The Morgan fingerprint density at radius 1 is 1.05 bits per heavy atom. The van der Waals surface area contributed by atoms with Gasteiger partial charge >= 0.3 is 0 Å². The standard InChI is InChI=1S/C19H30S/c1-18-9-3-4-16(18)15-6-5-13-12-14(20)7-11-19(13,2)17(15)8-10-18/h5,14-17,20H,3-4,6-12H2,1-2H3. The van der Waals surface area contributed by atoms with Gasteiger partial charge in [-0.3, -0.25) is 0 Å². The molecule has 0 spiro atoms. The lowest BCUT2D eigenvalue weighted by atomic mass is 9.48. The SMILES string of the molecule is CC12CCCC1C1CC=C3CC(S)CCC3(C)C1CC2. The van der Waals surface area contributed by atoms with E-state index in [1.54, 1.807) is 5.57 Å². The van der Waals surface area contributed by atoms with E-state index in [2.05, 4.69) is 19.9 Å². The van der Waals surface area contributed by atoms with Crippen LogP contribution in [0, 0.1) is 28.6 Å². The van der Waals surface area contributed by atoms with Crippen LogP contribution in [0.5, 0.6) is 0 Å². The molecule has 0 amide bonds. The van der Waals surface area contributed by atoms with Crippen LogP contribution >= 0.6 is 12.6 Å². The monoisotopic (exact) mass is 290 g/mol. The van der Waals surface area contributed by atoms with Crippen LogP contribution in [-0.2, 0) is 0 Å². The van der Waals surface area contributed by atoms with Gasteiger partial charge in [-0.25, -0.2) is 0 Å². The van der Waals surface area contributed by atoms with Crippen LogP contribution in [0.3, 0.4) is 0 Å². The molecule has 1 heteroatoms. The molecular weight excluding hydrogens is 260 g/mol. The van der Waals surface area contributed by atoms with Crippen LogP contribution in [0.2, 0.25) is 0 Å². The zero-order valence-electron chi connectivity index (χ0n) is 13.2. The van der Waals surface area contributed by atoms with Crippen molar-refractivity contribution in [3.63, 3.8) is 0 Å². The average molecular weight is 291 g/mol. The molecule has 6 atom stereocenters. The third-order valence-corrected chi connectivity index (χ3v) is 8.30. The van der Waals surface area contributed by atoms with E-state index in [0.29, 0.717) is 16.1 Å². The van der Waals surface area contributed by atoms with Gasteiger partial charge in [0.25, 0.3) is 0 Å². The van der Waals surface area contributed by atoms with Crippen LogP contribution in [0.25, 0.3) is 0 Å². The van der Waals surface area contributed by atoms with Crippen molar-refractivity contribution in [3.05, 3.63) is 11.6 Å². The average Bonchev–Trinajstić information content (AvgIpc) is 2.81. The summed E-state index contributed by atoms with van der Waals surface area (Å²) >= 11 is 4.77. The molecule has 3 fully saturated rings. The number of hydrogen-bond acceptors (Lipinski definition) is 1. The maximum absolute atomic E-state index is 4.77. The number of rotatable bonds is 0. The van der Waals surface area contributed by atoms with Gasteiger partial charge in [0.15, 0.2) is 0 Å². The lowest BCUT2D eigenvalue weighted by Gasteiger charge is -2.57. The van der Waals surface area contributed by atoms with Gasteiger partial charge in [-0.1, -0.05) is 31.9 Å². The summed E-state index contributed by atoms with van der Waals surface area (Å²) < 4.78 is 0. The van der Waals surface area contributed by atoms with E-state index in [9.17, 15) is 0 Å². The first-order valence-corrected chi connectivity index (χ1v) is 9.42. The summed E-state index contributed by atoms with van der Waals surface area (Å²) in [5.74, 6) is 3.02. The molecule has 0 aromatic rings. The first-order valence-electron chi connectivity index (χ1n) is 8.90. The third-order valence-electron chi connectivity index (χ3n) is 7.86. The van der Waals surface area contributed by atoms with Crippen LogP contribution in [0.15, 0.2) is 11.6 Å². The van der Waals surface area contributed by atoms with Crippen molar-refractivity contribution in [1.82, 2.24) is 0 Å². The fourth-order valence-corrected chi connectivity index (χ4v) is 6.96. The highest BCUT2D eigenvalue weighted by Crippen LogP contribution is 2.64. The molecular formula is C19H30S. The topological polar surface area (TPSA) is 0 Å². The molecule has 0 N–H and O–H groups in total. The highest BCUT2D eigenvalue weighted by atomic mass is 32.1. The minimum absolute atomic E-state index is 0.534. The summed E-state index contributed by atoms with van der Waals surface area (Å²) in [6.45, 7) is 5.21. The van der Waals surface area contributed by atoms with Crippen LogP contribution in [0.4, 0.5) is 0 Å². The summed E-state index contributed by atoms with van der Waals surface area (Å²) in [5, 5.41) is 0.631. The second-order valence-electron chi connectivity index (χ2n) is 8.74. The first-order chi connectivity index (χ1) is 9.53. The van der Waals surface area contributed by atoms with Crippen molar-refractivity contribution in [1.29, 1.82) is 0 Å².